The fourth-order valence-corrected chi connectivity index (χ4v) is 2.04. The number of fused-ring (bicyclic) bond motifs is 1. The first kappa shape index (κ1) is 11.2. The molecule has 1 atom stereocenters. The number of aromatic nitrogens is 1. The summed E-state index contributed by atoms with van der Waals surface area (Å²) < 4.78 is 0. The van der Waals surface area contributed by atoms with E-state index in [1.165, 1.54) is 22.0 Å². The summed E-state index contributed by atoms with van der Waals surface area (Å²) in [4.78, 5) is 3.32. The average Bonchev–Trinajstić information content (AvgIpc) is 2.68. The maximum Gasteiger partial charge on any atom is 0.0456 e. The Kier molecular flexibility index (Phi) is 3.30. The summed E-state index contributed by atoms with van der Waals surface area (Å²) >= 11 is 0. The molecule has 86 valence electrons. The highest BCUT2D eigenvalue weighted by Gasteiger charge is 2.05. The van der Waals surface area contributed by atoms with Crippen LogP contribution in [0, 0.1) is 0 Å². The van der Waals surface area contributed by atoms with Gasteiger partial charge in [-0.25, -0.2) is 0 Å². The second-order valence-electron chi connectivity index (χ2n) is 4.56. The molecule has 0 saturated heterocycles. The minimum absolute atomic E-state index is 0.277. The van der Waals surface area contributed by atoms with Gasteiger partial charge in [-0.2, -0.15) is 0 Å². The molecule has 1 aromatic carbocycles. The molecule has 0 radical (unpaired) electrons. The standard InChI is InChI=1S/C14H20N2/c1-3-11-5-7-14-13(8-11)12(9-16-14)6-4-10(2)15/h5,7-10,16H,3-4,6,15H2,1-2H3. The molecule has 0 fully saturated rings. The second kappa shape index (κ2) is 4.71. The Labute approximate surface area is 96.9 Å². The maximum atomic E-state index is 5.80. The number of nitrogens with one attached hydrogen (secondary N) is 1. The van der Waals surface area contributed by atoms with E-state index < -0.39 is 0 Å². The van der Waals surface area contributed by atoms with Gasteiger partial charge in [0.1, 0.15) is 0 Å². The Bertz CT molecular complexity index is 469. The minimum atomic E-state index is 0.277. The third-order valence-corrected chi connectivity index (χ3v) is 3.11. The van der Waals surface area contributed by atoms with Crippen molar-refractivity contribution in [3.63, 3.8) is 0 Å². The first-order valence-electron chi connectivity index (χ1n) is 6.05. The van der Waals surface area contributed by atoms with E-state index in [1.807, 2.05) is 0 Å². The molecule has 0 saturated carbocycles. The van der Waals surface area contributed by atoms with Gasteiger partial charge in [0, 0.05) is 23.1 Å². The SMILES string of the molecule is CCc1ccc2[nH]cc(CCC(C)N)c2c1. The van der Waals surface area contributed by atoms with E-state index in [0.29, 0.717) is 0 Å². The van der Waals surface area contributed by atoms with Crippen molar-refractivity contribution in [2.45, 2.75) is 39.2 Å². The van der Waals surface area contributed by atoms with Crippen LogP contribution in [0.2, 0.25) is 0 Å². The Morgan fingerprint density at radius 3 is 2.88 bits per heavy atom. The molecule has 3 N–H and O–H groups in total. The number of nitrogens with two attached hydrogens (primary N) is 1. The van der Waals surface area contributed by atoms with Crippen molar-refractivity contribution in [1.29, 1.82) is 0 Å². The molecule has 1 aromatic heterocycles. The number of aromatic amines is 1. The predicted molar refractivity (Wildman–Crippen MR) is 69.6 cm³/mol. The monoisotopic (exact) mass is 216 g/mol. The Hall–Kier alpha value is -1.28. The first-order chi connectivity index (χ1) is 7.70. The molecular weight excluding hydrogens is 196 g/mol. The quantitative estimate of drug-likeness (QED) is 0.810. The van der Waals surface area contributed by atoms with Crippen LogP contribution in [-0.2, 0) is 12.8 Å². The number of hydrogen-bond acceptors (Lipinski definition) is 1. The van der Waals surface area contributed by atoms with Crippen molar-refractivity contribution < 1.29 is 0 Å². The summed E-state index contributed by atoms with van der Waals surface area (Å²) in [6.45, 7) is 4.25. The molecule has 0 aliphatic carbocycles. The lowest BCUT2D eigenvalue weighted by molar-refractivity contribution is 0.668. The third kappa shape index (κ3) is 2.27. The fourth-order valence-electron chi connectivity index (χ4n) is 2.04. The van der Waals surface area contributed by atoms with E-state index in [1.54, 1.807) is 0 Å². The summed E-state index contributed by atoms with van der Waals surface area (Å²) in [5.74, 6) is 0. The van der Waals surface area contributed by atoms with Crippen LogP contribution in [0.25, 0.3) is 10.9 Å². The van der Waals surface area contributed by atoms with Crippen LogP contribution in [0.5, 0.6) is 0 Å². The lowest BCUT2D eigenvalue weighted by Crippen LogP contribution is -2.15. The van der Waals surface area contributed by atoms with Crippen LogP contribution in [-0.4, -0.2) is 11.0 Å². The molecule has 2 aromatic rings. The molecule has 2 heteroatoms. The van der Waals surface area contributed by atoms with E-state index >= 15 is 0 Å². The van der Waals surface area contributed by atoms with Gasteiger partial charge >= 0.3 is 0 Å². The summed E-state index contributed by atoms with van der Waals surface area (Å²) in [6.07, 6.45) is 5.31. The topological polar surface area (TPSA) is 41.8 Å². The van der Waals surface area contributed by atoms with Crippen LogP contribution in [0.4, 0.5) is 0 Å². The van der Waals surface area contributed by atoms with Gasteiger partial charge in [0.05, 0.1) is 0 Å². The normalized spacial score (nSPS) is 13.2. The Morgan fingerprint density at radius 1 is 1.38 bits per heavy atom. The van der Waals surface area contributed by atoms with Gasteiger partial charge < -0.3 is 10.7 Å². The van der Waals surface area contributed by atoms with Gasteiger partial charge in [0.15, 0.2) is 0 Å². The van der Waals surface area contributed by atoms with Crippen molar-refractivity contribution in [3.8, 4) is 0 Å². The van der Waals surface area contributed by atoms with Crippen LogP contribution in [0.3, 0.4) is 0 Å². The van der Waals surface area contributed by atoms with Gasteiger partial charge in [0.2, 0.25) is 0 Å². The zero-order chi connectivity index (χ0) is 11.5. The number of hydrogen-bond donors (Lipinski definition) is 2. The van der Waals surface area contributed by atoms with Crippen molar-refractivity contribution >= 4 is 10.9 Å². The van der Waals surface area contributed by atoms with Crippen molar-refractivity contribution in [1.82, 2.24) is 4.98 Å². The first-order valence-corrected chi connectivity index (χ1v) is 6.05. The van der Waals surface area contributed by atoms with Crippen molar-refractivity contribution in [2.24, 2.45) is 5.73 Å². The molecule has 0 spiro atoms. The van der Waals surface area contributed by atoms with E-state index in [4.69, 9.17) is 5.73 Å². The van der Waals surface area contributed by atoms with E-state index in [-0.39, 0.29) is 6.04 Å². The lowest BCUT2D eigenvalue weighted by Gasteiger charge is -2.04. The third-order valence-electron chi connectivity index (χ3n) is 3.11. The highest BCUT2D eigenvalue weighted by molar-refractivity contribution is 5.83. The minimum Gasteiger partial charge on any atom is -0.361 e. The van der Waals surface area contributed by atoms with E-state index in [2.05, 4.69) is 43.2 Å². The fraction of sp³-hybridized carbons (Fsp3) is 0.429. The Balaban J connectivity index is 2.30. The average molecular weight is 216 g/mol. The Morgan fingerprint density at radius 2 is 2.19 bits per heavy atom. The van der Waals surface area contributed by atoms with E-state index in [0.717, 1.165) is 19.3 Å². The molecule has 0 amide bonds. The smallest absolute Gasteiger partial charge is 0.0456 e. The van der Waals surface area contributed by atoms with Gasteiger partial charge in [-0.05, 0) is 49.4 Å². The molecule has 1 unspecified atom stereocenters. The largest absolute Gasteiger partial charge is 0.361 e. The molecule has 2 nitrogen and oxygen atoms in total. The molecule has 0 aliphatic heterocycles. The van der Waals surface area contributed by atoms with Crippen LogP contribution in [0.15, 0.2) is 24.4 Å². The van der Waals surface area contributed by atoms with Gasteiger partial charge in [-0.3, -0.25) is 0 Å². The number of H-pyrrole nitrogens is 1. The van der Waals surface area contributed by atoms with Crippen LogP contribution in [0.1, 0.15) is 31.4 Å². The molecular formula is C14H20N2. The highest BCUT2D eigenvalue weighted by Crippen LogP contribution is 2.21. The zero-order valence-corrected chi connectivity index (χ0v) is 10.1. The van der Waals surface area contributed by atoms with Crippen molar-refractivity contribution in [3.05, 3.63) is 35.5 Å². The molecule has 16 heavy (non-hydrogen) atoms. The van der Waals surface area contributed by atoms with Crippen LogP contribution < -0.4 is 5.73 Å². The molecule has 0 aliphatic rings. The van der Waals surface area contributed by atoms with Crippen molar-refractivity contribution in [2.75, 3.05) is 0 Å². The highest BCUT2D eigenvalue weighted by atomic mass is 14.7. The summed E-state index contributed by atoms with van der Waals surface area (Å²) in [5.41, 5.74) is 9.82. The number of benzene rings is 1. The van der Waals surface area contributed by atoms with Crippen LogP contribution >= 0.6 is 0 Å². The number of rotatable bonds is 4. The maximum absolute atomic E-state index is 5.80. The van der Waals surface area contributed by atoms with Gasteiger partial charge in [-0.1, -0.05) is 13.0 Å². The predicted octanol–water partition coefficient (Wildman–Crippen LogP) is 3.01. The molecule has 2 rings (SSSR count). The summed E-state index contributed by atoms with van der Waals surface area (Å²) in [5, 5.41) is 1.36. The summed E-state index contributed by atoms with van der Waals surface area (Å²) in [6, 6.07) is 6.93. The number of aryl methyl sites for hydroxylation is 2. The van der Waals surface area contributed by atoms with E-state index in [9.17, 15) is 0 Å². The second-order valence-corrected chi connectivity index (χ2v) is 4.56. The van der Waals surface area contributed by atoms with Gasteiger partial charge in [0.25, 0.3) is 0 Å². The summed E-state index contributed by atoms with van der Waals surface area (Å²) in [7, 11) is 0. The lowest BCUT2D eigenvalue weighted by atomic mass is 10.0. The zero-order valence-electron chi connectivity index (χ0n) is 10.1. The molecule has 1 heterocycles. The van der Waals surface area contributed by atoms with Gasteiger partial charge in [-0.15, -0.1) is 0 Å². The molecule has 0 bridgehead atoms.